The molecule has 0 atom stereocenters. The molecule has 0 unspecified atom stereocenters. The smallest absolute Gasteiger partial charge is 0.251 e. The Morgan fingerprint density at radius 3 is 3.17 bits per heavy atom. The maximum absolute atomic E-state index is 11.3. The molecule has 2 nitrogen and oxygen atoms in total. The highest BCUT2D eigenvalue weighted by molar-refractivity contribution is 5.33. The second kappa shape index (κ2) is 2.63. The quantitative estimate of drug-likeness (QED) is 0.573. The number of nitrogens with one attached hydrogen (secondary N) is 1. The number of fused-ring (bicyclic) bond motifs is 1. The molecule has 0 spiro atoms. The van der Waals surface area contributed by atoms with Gasteiger partial charge >= 0.3 is 0 Å². The Balaban J connectivity index is 2.57. The zero-order valence-electron chi connectivity index (χ0n) is 7.05. The highest BCUT2D eigenvalue weighted by Gasteiger charge is 2.10. The summed E-state index contributed by atoms with van der Waals surface area (Å²) in [6, 6.07) is 1.99. The molecule has 0 aromatic carbocycles. The van der Waals surface area contributed by atoms with Gasteiger partial charge in [-0.25, -0.2) is 0 Å². The molecule has 62 valence electrons. The lowest BCUT2D eigenvalue weighted by Gasteiger charge is -2.12. The van der Waals surface area contributed by atoms with Crippen molar-refractivity contribution >= 4 is 0 Å². The molecule has 1 aromatic heterocycles. The Labute approximate surface area is 70.9 Å². The van der Waals surface area contributed by atoms with Crippen LogP contribution in [-0.2, 0) is 12.8 Å². The summed E-state index contributed by atoms with van der Waals surface area (Å²) in [7, 11) is 0. The van der Waals surface area contributed by atoms with E-state index in [-0.39, 0.29) is 5.56 Å². The summed E-state index contributed by atoms with van der Waals surface area (Å²) in [6.07, 6.45) is 5.62. The Hall–Kier alpha value is -1.31. The molecule has 12 heavy (non-hydrogen) atoms. The molecule has 1 N–H and O–H groups in total. The van der Waals surface area contributed by atoms with Gasteiger partial charge in [0, 0.05) is 11.8 Å². The normalized spacial score (nSPS) is 15.2. The number of hydrogen-bond donors (Lipinski definition) is 1. The van der Waals surface area contributed by atoms with Crippen LogP contribution in [0.15, 0.2) is 28.7 Å². The maximum atomic E-state index is 11.3. The van der Waals surface area contributed by atoms with E-state index in [4.69, 9.17) is 0 Å². The van der Waals surface area contributed by atoms with Crippen molar-refractivity contribution in [3.05, 3.63) is 45.4 Å². The molecule has 0 saturated heterocycles. The molecular weight excluding hydrogens is 150 g/mol. The van der Waals surface area contributed by atoms with Crippen molar-refractivity contribution in [3.63, 3.8) is 0 Å². The predicted octanol–water partition coefficient (Wildman–Crippen LogP) is 1.42. The van der Waals surface area contributed by atoms with Crippen LogP contribution < -0.4 is 5.56 Å². The van der Waals surface area contributed by atoms with Crippen LogP contribution in [0.1, 0.15) is 18.1 Å². The summed E-state index contributed by atoms with van der Waals surface area (Å²) in [6.45, 7) is 2.06. The Kier molecular flexibility index (Phi) is 1.61. The van der Waals surface area contributed by atoms with Gasteiger partial charge in [-0.05, 0) is 31.4 Å². The SMILES string of the molecule is CC1=CCc2cc[nH]c(=O)c2C1. The summed E-state index contributed by atoms with van der Waals surface area (Å²) in [4.78, 5) is 14.0. The van der Waals surface area contributed by atoms with E-state index in [9.17, 15) is 4.79 Å². The largest absolute Gasteiger partial charge is 0.329 e. The van der Waals surface area contributed by atoms with Gasteiger partial charge in [0.15, 0.2) is 0 Å². The summed E-state index contributed by atoms with van der Waals surface area (Å²) < 4.78 is 0. The van der Waals surface area contributed by atoms with Gasteiger partial charge in [0.05, 0.1) is 0 Å². The minimum atomic E-state index is 0.0694. The van der Waals surface area contributed by atoms with Crippen molar-refractivity contribution in [2.24, 2.45) is 0 Å². The first-order valence-corrected chi connectivity index (χ1v) is 4.12. The van der Waals surface area contributed by atoms with E-state index in [1.54, 1.807) is 6.20 Å². The first-order chi connectivity index (χ1) is 5.77. The van der Waals surface area contributed by atoms with Crippen molar-refractivity contribution in [2.75, 3.05) is 0 Å². The van der Waals surface area contributed by atoms with Crippen LogP contribution in [0.2, 0.25) is 0 Å². The molecule has 2 rings (SSSR count). The van der Waals surface area contributed by atoms with Gasteiger partial charge in [-0.15, -0.1) is 0 Å². The number of hydrogen-bond acceptors (Lipinski definition) is 1. The number of aromatic amines is 1. The van der Waals surface area contributed by atoms with Crippen molar-refractivity contribution in [1.82, 2.24) is 4.98 Å². The first kappa shape index (κ1) is 7.35. The zero-order valence-corrected chi connectivity index (χ0v) is 7.05. The fourth-order valence-electron chi connectivity index (χ4n) is 1.57. The molecule has 1 aliphatic rings. The third-order valence-electron chi connectivity index (χ3n) is 2.29. The van der Waals surface area contributed by atoms with Gasteiger partial charge in [-0.2, -0.15) is 0 Å². The van der Waals surface area contributed by atoms with Crippen molar-refractivity contribution in [1.29, 1.82) is 0 Å². The lowest BCUT2D eigenvalue weighted by atomic mass is 9.94. The molecule has 0 amide bonds. The van der Waals surface area contributed by atoms with E-state index in [0.717, 1.165) is 18.4 Å². The standard InChI is InChI=1S/C10H11NO/c1-7-2-3-8-4-5-11-10(12)9(8)6-7/h2,4-5H,3,6H2,1H3,(H,11,12). The van der Waals surface area contributed by atoms with E-state index in [2.05, 4.69) is 18.0 Å². The van der Waals surface area contributed by atoms with Crippen LogP contribution in [0.3, 0.4) is 0 Å². The fraction of sp³-hybridized carbons (Fsp3) is 0.300. The minimum absolute atomic E-state index is 0.0694. The molecule has 0 saturated carbocycles. The van der Waals surface area contributed by atoms with Crippen LogP contribution in [-0.4, -0.2) is 4.98 Å². The summed E-state index contributed by atoms with van der Waals surface area (Å²) in [5.41, 5.74) is 3.47. The second-order valence-corrected chi connectivity index (χ2v) is 3.24. The minimum Gasteiger partial charge on any atom is -0.329 e. The average Bonchev–Trinajstić information content (AvgIpc) is 2.07. The fourth-order valence-corrected chi connectivity index (χ4v) is 1.57. The molecule has 0 fully saturated rings. The van der Waals surface area contributed by atoms with Crippen LogP contribution in [0.4, 0.5) is 0 Å². The molecule has 1 aromatic rings. The van der Waals surface area contributed by atoms with Crippen LogP contribution in [0.25, 0.3) is 0 Å². The Morgan fingerprint density at radius 1 is 1.50 bits per heavy atom. The third-order valence-corrected chi connectivity index (χ3v) is 2.29. The molecule has 0 bridgehead atoms. The number of H-pyrrole nitrogens is 1. The van der Waals surface area contributed by atoms with E-state index in [1.165, 1.54) is 11.1 Å². The van der Waals surface area contributed by atoms with E-state index < -0.39 is 0 Å². The van der Waals surface area contributed by atoms with Gasteiger partial charge in [0.2, 0.25) is 0 Å². The summed E-state index contributed by atoms with van der Waals surface area (Å²) >= 11 is 0. The first-order valence-electron chi connectivity index (χ1n) is 4.12. The van der Waals surface area contributed by atoms with E-state index in [1.807, 2.05) is 6.07 Å². The number of allylic oxidation sites excluding steroid dienone is 2. The molecular formula is C10H11NO. The zero-order chi connectivity index (χ0) is 8.55. The van der Waals surface area contributed by atoms with Crippen molar-refractivity contribution < 1.29 is 0 Å². The van der Waals surface area contributed by atoms with Gasteiger partial charge in [0.1, 0.15) is 0 Å². The summed E-state index contributed by atoms with van der Waals surface area (Å²) in [5.74, 6) is 0. The van der Waals surface area contributed by atoms with Crippen molar-refractivity contribution in [3.8, 4) is 0 Å². The Bertz CT molecular complexity index is 387. The molecule has 0 radical (unpaired) electrons. The monoisotopic (exact) mass is 161 g/mol. The highest BCUT2D eigenvalue weighted by Crippen LogP contribution is 2.16. The Morgan fingerprint density at radius 2 is 2.33 bits per heavy atom. The van der Waals surface area contributed by atoms with Crippen LogP contribution in [0, 0.1) is 0 Å². The van der Waals surface area contributed by atoms with Crippen LogP contribution in [0.5, 0.6) is 0 Å². The second-order valence-electron chi connectivity index (χ2n) is 3.24. The van der Waals surface area contributed by atoms with E-state index in [0.29, 0.717) is 0 Å². The van der Waals surface area contributed by atoms with Crippen LogP contribution >= 0.6 is 0 Å². The van der Waals surface area contributed by atoms with Gasteiger partial charge in [-0.3, -0.25) is 4.79 Å². The third kappa shape index (κ3) is 1.09. The molecule has 1 heterocycles. The predicted molar refractivity (Wildman–Crippen MR) is 48.2 cm³/mol. The maximum Gasteiger partial charge on any atom is 0.251 e. The van der Waals surface area contributed by atoms with Gasteiger partial charge in [-0.1, -0.05) is 11.6 Å². The molecule has 1 aliphatic carbocycles. The van der Waals surface area contributed by atoms with Gasteiger partial charge in [0.25, 0.3) is 5.56 Å². The molecule has 0 aliphatic heterocycles. The topological polar surface area (TPSA) is 32.9 Å². The highest BCUT2D eigenvalue weighted by atomic mass is 16.1. The number of pyridine rings is 1. The van der Waals surface area contributed by atoms with Gasteiger partial charge < -0.3 is 4.98 Å². The average molecular weight is 161 g/mol. The lowest BCUT2D eigenvalue weighted by Crippen LogP contribution is -2.17. The lowest BCUT2D eigenvalue weighted by molar-refractivity contribution is 0.970. The number of rotatable bonds is 0. The molecule has 2 heteroatoms. The van der Waals surface area contributed by atoms with Crippen molar-refractivity contribution in [2.45, 2.75) is 19.8 Å². The van der Waals surface area contributed by atoms with E-state index >= 15 is 0 Å². The number of aromatic nitrogens is 1. The summed E-state index contributed by atoms with van der Waals surface area (Å²) in [5, 5.41) is 0.